The molecule has 3 rings (SSSR count). The van der Waals surface area contributed by atoms with Gasteiger partial charge in [-0.3, -0.25) is 19.6 Å². The van der Waals surface area contributed by atoms with Gasteiger partial charge in [-0.25, -0.2) is 5.48 Å². The van der Waals surface area contributed by atoms with Crippen LogP contribution in [0.4, 0.5) is 0 Å². The second kappa shape index (κ2) is 12.4. The highest BCUT2D eigenvalue weighted by molar-refractivity contribution is 5.90. The number of aryl methyl sites for hydroxylation is 1. The zero-order valence-corrected chi connectivity index (χ0v) is 19.3. The number of hydroxylamine groups is 1. The topological polar surface area (TPSA) is 117 Å². The molecule has 0 aromatic heterocycles. The van der Waals surface area contributed by atoms with Crippen molar-refractivity contribution in [2.24, 2.45) is 5.92 Å². The largest absolute Gasteiger partial charge is 0.454 e. The summed E-state index contributed by atoms with van der Waals surface area (Å²) in [6.07, 6.45) is 7.39. The summed E-state index contributed by atoms with van der Waals surface area (Å²) < 4.78 is 10.8. The fraction of sp³-hybridized carbons (Fsp3) is 0.625. The molecule has 2 aliphatic rings. The van der Waals surface area contributed by atoms with Crippen LogP contribution in [-0.4, -0.2) is 54.3 Å². The standard InChI is InChI=1S/C24H35N3O6/c1-27-13-7-5-3-2-4-6-8-18(15-22(28)26-31)23(29)25-19(24(27)30)11-9-17-10-12-20-21(14-17)33-16-32-20/h10,12,14,18-19,31H,2-9,11,13,15-16H2,1H3,(H,25,29)(H,26,28). The molecule has 1 aromatic carbocycles. The summed E-state index contributed by atoms with van der Waals surface area (Å²) in [5.74, 6) is -0.269. The van der Waals surface area contributed by atoms with Crippen LogP contribution in [0, 0.1) is 5.92 Å². The van der Waals surface area contributed by atoms with Crippen LogP contribution in [0.3, 0.4) is 0 Å². The van der Waals surface area contributed by atoms with Gasteiger partial charge < -0.3 is 19.7 Å². The Kier molecular flexibility index (Phi) is 9.35. The normalized spacial score (nSPS) is 22.4. The first-order chi connectivity index (χ1) is 16.0. The molecular formula is C24H35N3O6. The average Bonchev–Trinajstić information content (AvgIpc) is 3.29. The fourth-order valence-electron chi connectivity index (χ4n) is 4.37. The second-order valence-electron chi connectivity index (χ2n) is 8.89. The van der Waals surface area contributed by atoms with Gasteiger partial charge in [-0.2, -0.15) is 0 Å². The van der Waals surface area contributed by atoms with E-state index < -0.39 is 17.9 Å². The Morgan fingerprint density at radius 1 is 1.12 bits per heavy atom. The summed E-state index contributed by atoms with van der Waals surface area (Å²) in [6.45, 7) is 0.842. The van der Waals surface area contributed by atoms with E-state index in [1.54, 1.807) is 17.4 Å². The molecule has 0 bridgehead atoms. The molecule has 0 aliphatic carbocycles. The smallest absolute Gasteiger partial charge is 0.244 e. The Balaban J connectivity index is 1.72. The third-order valence-corrected chi connectivity index (χ3v) is 6.37. The molecule has 2 unspecified atom stereocenters. The first-order valence-corrected chi connectivity index (χ1v) is 11.8. The molecule has 182 valence electrons. The number of fused-ring (bicyclic) bond motifs is 1. The van der Waals surface area contributed by atoms with Crippen molar-refractivity contribution in [2.45, 2.75) is 70.3 Å². The number of hydrogen-bond donors (Lipinski definition) is 3. The molecular weight excluding hydrogens is 426 g/mol. The lowest BCUT2D eigenvalue weighted by molar-refractivity contribution is -0.138. The Labute approximate surface area is 194 Å². The van der Waals surface area contributed by atoms with Crippen molar-refractivity contribution in [2.75, 3.05) is 20.4 Å². The molecule has 9 nitrogen and oxygen atoms in total. The SMILES string of the molecule is CN1CCCCCCCCC(CC(=O)NO)C(=O)NC(CCc2ccc3c(c2)OCO3)C1=O. The Bertz CT molecular complexity index is 830. The van der Waals surface area contributed by atoms with E-state index >= 15 is 0 Å². The van der Waals surface area contributed by atoms with Gasteiger partial charge in [0, 0.05) is 25.9 Å². The van der Waals surface area contributed by atoms with Gasteiger partial charge in [0.05, 0.1) is 0 Å². The molecule has 2 aliphatic heterocycles. The molecule has 0 spiro atoms. The fourth-order valence-corrected chi connectivity index (χ4v) is 4.37. The molecule has 0 radical (unpaired) electrons. The number of carbonyl (C=O) groups is 3. The summed E-state index contributed by atoms with van der Waals surface area (Å²) in [7, 11) is 1.77. The Morgan fingerprint density at radius 3 is 2.64 bits per heavy atom. The number of hydrogen-bond acceptors (Lipinski definition) is 6. The van der Waals surface area contributed by atoms with Crippen molar-refractivity contribution in [3.63, 3.8) is 0 Å². The average molecular weight is 462 g/mol. The lowest BCUT2D eigenvalue weighted by Gasteiger charge is -2.27. The van der Waals surface area contributed by atoms with Gasteiger partial charge in [0.2, 0.25) is 24.5 Å². The maximum absolute atomic E-state index is 13.2. The molecule has 1 fully saturated rings. The van der Waals surface area contributed by atoms with Crippen LogP contribution in [0.2, 0.25) is 0 Å². The van der Waals surface area contributed by atoms with Gasteiger partial charge in [-0.05, 0) is 43.4 Å². The van der Waals surface area contributed by atoms with Crippen molar-refractivity contribution in [1.82, 2.24) is 15.7 Å². The van der Waals surface area contributed by atoms with E-state index in [9.17, 15) is 14.4 Å². The van der Waals surface area contributed by atoms with Crippen LogP contribution in [0.5, 0.6) is 11.5 Å². The summed E-state index contributed by atoms with van der Waals surface area (Å²) in [5.41, 5.74) is 2.60. The summed E-state index contributed by atoms with van der Waals surface area (Å²) in [5, 5.41) is 11.8. The van der Waals surface area contributed by atoms with E-state index in [1.807, 2.05) is 18.2 Å². The lowest BCUT2D eigenvalue weighted by Crippen LogP contribution is -2.49. The molecule has 2 atom stereocenters. The number of ether oxygens (including phenoxy) is 2. The molecule has 0 saturated carbocycles. The summed E-state index contributed by atoms with van der Waals surface area (Å²) in [6, 6.07) is 4.98. The van der Waals surface area contributed by atoms with Gasteiger partial charge in [0.25, 0.3) is 0 Å². The first-order valence-electron chi connectivity index (χ1n) is 11.8. The monoisotopic (exact) mass is 461 g/mol. The summed E-state index contributed by atoms with van der Waals surface area (Å²) >= 11 is 0. The molecule has 3 N–H and O–H groups in total. The molecule has 1 aromatic rings. The highest BCUT2D eigenvalue weighted by Crippen LogP contribution is 2.33. The lowest BCUT2D eigenvalue weighted by atomic mass is 9.94. The maximum atomic E-state index is 13.2. The van der Waals surface area contributed by atoms with Gasteiger partial charge in [-0.15, -0.1) is 0 Å². The van der Waals surface area contributed by atoms with Crippen molar-refractivity contribution >= 4 is 17.7 Å². The van der Waals surface area contributed by atoms with E-state index in [4.69, 9.17) is 14.7 Å². The van der Waals surface area contributed by atoms with Gasteiger partial charge >= 0.3 is 0 Å². The molecule has 2 heterocycles. The quantitative estimate of drug-likeness (QED) is 0.458. The third kappa shape index (κ3) is 7.35. The maximum Gasteiger partial charge on any atom is 0.244 e. The minimum Gasteiger partial charge on any atom is -0.454 e. The van der Waals surface area contributed by atoms with Crippen LogP contribution >= 0.6 is 0 Å². The van der Waals surface area contributed by atoms with Gasteiger partial charge in [-0.1, -0.05) is 38.2 Å². The number of likely N-dealkylation sites (N-methyl/N-ethyl adjacent to an activating group) is 1. The van der Waals surface area contributed by atoms with Gasteiger partial charge in [0.15, 0.2) is 11.5 Å². The van der Waals surface area contributed by atoms with Crippen LogP contribution < -0.4 is 20.3 Å². The predicted octanol–water partition coefficient (Wildman–Crippen LogP) is 2.55. The number of nitrogens with one attached hydrogen (secondary N) is 2. The Morgan fingerprint density at radius 2 is 1.85 bits per heavy atom. The minimum absolute atomic E-state index is 0.110. The molecule has 1 saturated heterocycles. The van der Waals surface area contributed by atoms with E-state index in [0.717, 1.165) is 44.1 Å². The van der Waals surface area contributed by atoms with Crippen LogP contribution in [-0.2, 0) is 20.8 Å². The first kappa shape index (κ1) is 24.8. The van der Waals surface area contributed by atoms with Crippen molar-refractivity contribution < 1.29 is 29.1 Å². The highest BCUT2D eigenvalue weighted by atomic mass is 16.7. The zero-order valence-electron chi connectivity index (χ0n) is 19.3. The predicted molar refractivity (Wildman–Crippen MR) is 121 cm³/mol. The number of amides is 3. The van der Waals surface area contributed by atoms with E-state index in [2.05, 4.69) is 5.32 Å². The molecule has 33 heavy (non-hydrogen) atoms. The zero-order chi connectivity index (χ0) is 23.6. The van der Waals surface area contributed by atoms with Crippen LogP contribution in [0.25, 0.3) is 0 Å². The van der Waals surface area contributed by atoms with E-state index in [-0.39, 0.29) is 25.0 Å². The van der Waals surface area contributed by atoms with Crippen molar-refractivity contribution in [3.05, 3.63) is 23.8 Å². The molecule has 3 amide bonds. The van der Waals surface area contributed by atoms with Crippen molar-refractivity contribution in [1.29, 1.82) is 0 Å². The summed E-state index contributed by atoms with van der Waals surface area (Å²) in [4.78, 5) is 39.7. The van der Waals surface area contributed by atoms with E-state index in [1.165, 1.54) is 0 Å². The molecule has 9 heteroatoms. The van der Waals surface area contributed by atoms with E-state index in [0.29, 0.717) is 37.3 Å². The third-order valence-electron chi connectivity index (χ3n) is 6.37. The van der Waals surface area contributed by atoms with Crippen molar-refractivity contribution in [3.8, 4) is 11.5 Å². The van der Waals surface area contributed by atoms with Crippen LogP contribution in [0.15, 0.2) is 18.2 Å². The number of carbonyl (C=O) groups excluding carboxylic acids is 3. The Hall–Kier alpha value is -2.81. The van der Waals surface area contributed by atoms with Gasteiger partial charge in [0.1, 0.15) is 6.04 Å². The number of benzene rings is 1. The highest BCUT2D eigenvalue weighted by Gasteiger charge is 2.29. The minimum atomic E-state index is -0.699. The second-order valence-corrected chi connectivity index (χ2v) is 8.89. The number of nitrogens with zero attached hydrogens (tertiary/aromatic N) is 1. The van der Waals surface area contributed by atoms with Crippen LogP contribution in [0.1, 0.15) is 63.4 Å². The number of rotatable bonds is 5.